The number of hydrogen-bond donors (Lipinski definition) is 1. The van der Waals surface area contributed by atoms with E-state index in [4.69, 9.17) is 0 Å². The Morgan fingerprint density at radius 1 is 1.21 bits per heavy atom. The Hall–Kier alpha value is -1.82. The van der Waals surface area contributed by atoms with Crippen molar-refractivity contribution in [3.8, 4) is 0 Å². The van der Waals surface area contributed by atoms with Crippen LogP contribution in [-0.2, 0) is 7.05 Å². The van der Waals surface area contributed by atoms with Gasteiger partial charge in [-0.15, -0.1) is 10.2 Å². The summed E-state index contributed by atoms with van der Waals surface area (Å²) in [7, 11) is 1.83. The number of nitrogens with zero attached hydrogens (tertiary/aromatic N) is 3. The molecule has 0 bridgehead atoms. The van der Waals surface area contributed by atoms with Crippen molar-refractivity contribution >= 4 is 0 Å². The molecular formula is C13H16F2N4. The number of aromatic nitrogens is 3. The van der Waals surface area contributed by atoms with Gasteiger partial charge in [0, 0.05) is 18.7 Å². The summed E-state index contributed by atoms with van der Waals surface area (Å²) in [5, 5.41) is 11.0. The summed E-state index contributed by atoms with van der Waals surface area (Å²) in [6, 6.07) is 3.73. The van der Waals surface area contributed by atoms with Crippen molar-refractivity contribution in [3.63, 3.8) is 0 Å². The summed E-state index contributed by atoms with van der Waals surface area (Å²) >= 11 is 0. The quantitative estimate of drug-likeness (QED) is 0.924. The Balaban J connectivity index is 2.15. The van der Waals surface area contributed by atoms with Gasteiger partial charge in [-0.1, -0.05) is 12.1 Å². The van der Waals surface area contributed by atoms with E-state index in [1.54, 1.807) is 23.9 Å². The molecule has 102 valence electrons. The first-order valence-corrected chi connectivity index (χ1v) is 6.04. The maximum Gasteiger partial charge on any atom is 0.163 e. The van der Waals surface area contributed by atoms with E-state index >= 15 is 0 Å². The van der Waals surface area contributed by atoms with Crippen LogP contribution in [0.5, 0.6) is 0 Å². The summed E-state index contributed by atoms with van der Waals surface area (Å²) < 4.78 is 28.6. The molecule has 2 unspecified atom stereocenters. The molecule has 1 heterocycles. The maximum atomic E-state index is 13.7. The Labute approximate surface area is 110 Å². The minimum absolute atomic E-state index is 0.120. The van der Waals surface area contributed by atoms with E-state index in [0.717, 1.165) is 11.9 Å². The van der Waals surface area contributed by atoms with Crippen molar-refractivity contribution in [1.82, 2.24) is 20.1 Å². The van der Waals surface area contributed by atoms with Gasteiger partial charge in [0.1, 0.15) is 12.2 Å². The molecule has 0 amide bonds. The van der Waals surface area contributed by atoms with Crippen LogP contribution in [0, 0.1) is 11.6 Å². The highest BCUT2D eigenvalue weighted by molar-refractivity contribution is 5.22. The van der Waals surface area contributed by atoms with Crippen molar-refractivity contribution in [2.24, 2.45) is 7.05 Å². The molecule has 0 aliphatic heterocycles. The van der Waals surface area contributed by atoms with Crippen LogP contribution in [-0.4, -0.2) is 14.8 Å². The number of nitrogens with one attached hydrogen (secondary N) is 1. The van der Waals surface area contributed by atoms with Gasteiger partial charge in [-0.2, -0.15) is 0 Å². The van der Waals surface area contributed by atoms with Gasteiger partial charge in [0.2, 0.25) is 0 Å². The molecule has 1 aromatic carbocycles. The molecule has 0 fully saturated rings. The first-order chi connectivity index (χ1) is 9.00. The molecule has 1 aromatic heterocycles. The van der Waals surface area contributed by atoms with Gasteiger partial charge in [-0.25, -0.2) is 8.78 Å². The average molecular weight is 266 g/mol. The zero-order chi connectivity index (χ0) is 14.0. The Morgan fingerprint density at radius 2 is 1.95 bits per heavy atom. The smallest absolute Gasteiger partial charge is 0.163 e. The second-order valence-electron chi connectivity index (χ2n) is 4.55. The van der Waals surface area contributed by atoms with Crippen molar-refractivity contribution < 1.29 is 8.78 Å². The third-order valence-electron chi connectivity index (χ3n) is 3.08. The molecule has 0 aliphatic carbocycles. The third kappa shape index (κ3) is 2.78. The number of hydrogen-bond acceptors (Lipinski definition) is 3. The van der Waals surface area contributed by atoms with Crippen molar-refractivity contribution in [2.75, 3.05) is 0 Å². The minimum Gasteiger partial charge on any atom is -0.319 e. The lowest BCUT2D eigenvalue weighted by Gasteiger charge is -2.20. The predicted octanol–water partition coefficient (Wildman–Crippen LogP) is 2.51. The molecule has 19 heavy (non-hydrogen) atoms. The molecule has 0 radical (unpaired) electrons. The number of halogens is 2. The molecule has 2 aromatic rings. The number of aryl methyl sites for hydroxylation is 1. The fourth-order valence-corrected chi connectivity index (χ4v) is 2.08. The van der Waals surface area contributed by atoms with E-state index in [2.05, 4.69) is 15.5 Å². The van der Waals surface area contributed by atoms with E-state index < -0.39 is 11.6 Å². The van der Waals surface area contributed by atoms with Crippen molar-refractivity contribution in [3.05, 3.63) is 47.5 Å². The van der Waals surface area contributed by atoms with Crippen LogP contribution in [0.15, 0.2) is 24.5 Å². The highest BCUT2D eigenvalue weighted by atomic mass is 19.2. The number of benzene rings is 1. The SMILES string of the molecule is CC(NC(C)c1nncn1C)c1cccc(F)c1F. The lowest BCUT2D eigenvalue weighted by molar-refractivity contribution is 0.435. The normalized spacial score (nSPS) is 14.4. The zero-order valence-corrected chi connectivity index (χ0v) is 11.1. The van der Waals surface area contributed by atoms with E-state index in [1.807, 2.05) is 14.0 Å². The fraction of sp³-hybridized carbons (Fsp3) is 0.385. The highest BCUT2D eigenvalue weighted by Gasteiger charge is 2.18. The summed E-state index contributed by atoms with van der Waals surface area (Å²) in [6.07, 6.45) is 1.60. The van der Waals surface area contributed by atoms with E-state index in [-0.39, 0.29) is 12.1 Å². The van der Waals surface area contributed by atoms with Crippen LogP contribution in [0.2, 0.25) is 0 Å². The standard InChI is InChI=1S/C13H16F2N4/c1-8(10-5-4-6-11(14)12(10)15)17-9(2)13-18-16-7-19(13)3/h4-9,17H,1-3H3. The van der Waals surface area contributed by atoms with Crippen LogP contribution in [0.25, 0.3) is 0 Å². The second-order valence-corrected chi connectivity index (χ2v) is 4.55. The summed E-state index contributed by atoms with van der Waals surface area (Å²) in [6.45, 7) is 3.68. The molecule has 0 aliphatic rings. The largest absolute Gasteiger partial charge is 0.319 e. The summed E-state index contributed by atoms with van der Waals surface area (Å²) in [5.41, 5.74) is 0.300. The second kappa shape index (κ2) is 5.44. The Morgan fingerprint density at radius 3 is 2.58 bits per heavy atom. The van der Waals surface area contributed by atoms with Crippen LogP contribution in [0.4, 0.5) is 8.78 Å². The average Bonchev–Trinajstić information content (AvgIpc) is 2.79. The lowest BCUT2D eigenvalue weighted by atomic mass is 10.1. The Bertz CT molecular complexity index is 568. The molecule has 0 saturated heterocycles. The van der Waals surface area contributed by atoms with Gasteiger partial charge in [0.15, 0.2) is 11.6 Å². The van der Waals surface area contributed by atoms with Gasteiger partial charge in [0.25, 0.3) is 0 Å². The van der Waals surface area contributed by atoms with Crippen molar-refractivity contribution in [1.29, 1.82) is 0 Å². The third-order valence-corrected chi connectivity index (χ3v) is 3.08. The predicted molar refractivity (Wildman–Crippen MR) is 67.3 cm³/mol. The van der Waals surface area contributed by atoms with Gasteiger partial charge >= 0.3 is 0 Å². The first kappa shape index (κ1) is 13.6. The molecule has 0 spiro atoms. The molecular weight excluding hydrogens is 250 g/mol. The maximum absolute atomic E-state index is 13.7. The van der Waals surface area contributed by atoms with Crippen LogP contribution >= 0.6 is 0 Å². The van der Waals surface area contributed by atoms with Gasteiger partial charge < -0.3 is 9.88 Å². The molecule has 2 atom stereocenters. The zero-order valence-electron chi connectivity index (χ0n) is 11.1. The highest BCUT2D eigenvalue weighted by Crippen LogP contribution is 2.21. The minimum atomic E-state index is -0.836. The van der Waals surface area contributed by atoms with Crippen LogP contribution < -0.4 is 5.32 Å². The summed E-state index contributed by atoms with van der Waals surface area (Å²) in [4.78, 5) is 0. The molecule has 0 saturated carbocycles. The monoisotopic (exact) mass is 266 g/mol. The van der Waals surface area contributed by atoms with Gasteiger partial charge in [0.05, 0.1) is 6.04 Å². The van der Waals surface area contributed by atoms with Crippen LogP contribution in [0.3, 0.4) is 0 Å². The van der Waals surface area contributed by atoms with Gasteiger partial charge in [-0.3, -0.25) is 0 Å². The van der Waals surface area contributed by atoms with E-state index in [1.165, 1.54) is 6.07 Å². The summed E-state index contributed by atoms with van der Waals surface area (Å²) in [5.74, 6) is -0.909. The first-order valence-electron chi connectivity index (χ1n) is 6.04. The topological polar surface area (TPSA) is 42.7 Å². The van der Waals surface area contributed by atoms with E-state index in [0.29, 0.717) is 5.56 Å². The van der Waals surface area contributed by atoms with Crippen molar-refractivity contribution in [2.45, 2.75) is 25.9 Å². The molecule has 4 nitrogen and oxygen atoms in total. The lowest BCUT2D eigenvalue weighted by Crippen LogP contribution is -2.25. The molecule has 6 heteroatoms. The fourth-order valence-electron chi connectivity index (χ4n) is 2.08. The van der Waals surface area contributed by atoms with Gasteiger partial charge in [-0.05, 0) is 19.9 Å². The van der Waals surface area contributed by atoms with E-state index in [9.17, 15) is 8.78 Å². The van der Waals surface area contributed by atoms with Crippen LogP contribution in [0.1, 0.15) is 37.3 Å². The molecule has 2 rings (SSSR count). The Kier molecular flexibility index (Phi) is 3.90. The molecule has 1 N–H and O–H groups in total. The number of rotatable bonds is 4.